The van der Waals surface area contributed by atoms with Crippen molar-refractivity contribution >= 4 is 12.1 Å². The van der Waals surface area contributed by atoms with Crippen LogP contribution in [0.3, 0.4) is 0 Å². The second-order valence-corrected chi connectivity index (χ2v) is 5.78. The molecule has 0 aliphatic rings. The Morgan fingerprint density at radius 2 is 1.59 bits per heavy atom. The predicted molar refractivity (Wildman–Crippen MR) is 109 cm³/mol. The number of carbonyl (C=O) groups is 1. The molecule has 0 saturated heterocycles. The monoisotopic (exact) mass is 356 g/mol. The zero-order valence-electron chi connectivity index (χ0n) is 14.8. The van der Waals surface area contributed by atoms with Crippen molar-refractivity contribution < 1.29 is 9.53 Å². The second kappa shape index (κ2) is 9.15. The minimum Gasteiger partial charge on any atom is -0.489 e. The molecule has 0 heterocycles. The third-order valence-corrected chi connectivity index (χ3v) is 3.90. The third-order valence-electron chi connectivity index (χ3n) is 3.90. The number of amides is 1. The Bertz CT molecular complexity index is 932. The van der Waals surface area contributed by atoms with Gasteiger partial charge in [-0.2, -0.15) is 5.10 Å². The van der Waals surface area contributed by atoms with Gasteiger partial charge in [-0.05, 0) is 35.4 Å². The van der Waals surface area contributed by atoms with Gasteiger partial charge in [0.2, 0.25) is 0 Å². The highest BCUT2D eigenvalue weighted by Gasteiger charge is 2.05. The van der Waals surface area contributed by atoms with E-state index >= 15 is 0 Å². The number of hydrogen-bond acceptors (Lipinski definition) is 3. The van der Waals surface area contributed by atoms with Gasteiger partial charge in [-0.1, -0.05) is 67.3 Å². The summed E-state index contributed by atoms with van der Waals surface area (Å²) in [5.41, 5.74) is 6.04. The number of carbonyl (C=O) groups excluding carboxylic acids is 1. The molecule has 0 spiro atoms. The fourth-order valence-electron chi connectivity index (χ4n) is 2.54. The minimum absolute atomic E-state index is 0.268. The quantitative estimate of drug-likeness (QED) is 0.379. The molecule has 0 aliphatic heterocycles. The van der Waals surface area contributed by atoms with Crippen LogP contribution in [0.1, 0.15) is 15.9 Å². The second-order valence-electron chi connectivity index (χ2n) is 5.78. The van der Waals surface area contributed by atoms with Crippen LogP contribution >= 0.6 is 0 Å². The van der Waals surface area contributed by atoms with E-state index in [1.165, 1.54) is 0 Å². The van der Waals surface area contributed by atoms with Crippen molar-refractivity contribution in [1.82, 2.24) is 5.43 Å². The molecule has 0 unspecified atom stereocenters. The molecule has 27 heavy (non-hydrogen) atoms. The van der Waals surface area contributed by atoms with Crippen molar-refractivity contribution in [2.24, 2.45) is 5.10 Å². The van der Waals surface area contributed by atoms with Crippen LogP contribution in [0, 0.1) is 0 Å². The summed E-state index contributed by atoms with van der Waals surface area (Å²) in [5, 5.41) is 4.04. The van der Waals surface area contributed by atoms with Crippen molar-refractivity contribution in [2.75, 3.05) is 6.61 Å². The summed E-state index contributed by atoms with van der Waals surface area (Å²) in [7, 11) is 0. The van der Waals surface area contributed by atoms with E-state index in [-0.39, 0.29) is 5.91 Å². The summed E-state index contributed by atoms with van der Waals surface area (Å²) in [6.45, 7) is 4.04. The molecule has 3 aromatic rings. The number of hydrazone groups is 1. The average molecular weight is 356 g/mol. The molecule has 0 atom stereocenters. The van der Waals surface area contributed by atoms with Gasteiger partial charge in [0.25, 0.3) is 5.91 Å². The predicted octanol–water partition coefficient (Wildman–Crippen LogP) is 4.68. The van der Waals surface area contributed by atoms with Crippen molar-refractivity contribution in [1.29, 1.82) is 0 Å². The zero-order chi connectivity index (χ0) is 18.9. The largest absolute Gasteiger partial charge is 0.489 e. The molecule has 0 aromatic heterocycles. The van der Waals surface area contributed by atoms with Gasteiger partial charge in [-0.15, -0.1) is 0 Å². The summed E-state index contributed by atoms with van der Waals surface area (Å²) in [6.07, 6.45) is 3.24. The maximum absolute atomic E-state index is 12.3. The molecule has 1 amide bonds. The highest BCUT2D eigenvalue weighted by Crippen LogP contribution is 2.19. The number of para-hydroxylation sites is 1. The molecule has 0 bridgehead atoms. The normalized spacial score (nSPS) is 10.5. The number of nitrogens with zero attached hydrogens (tertiary/aromatic N) is 1. The standard InChI is InChI=1S/C23H20N2O2/c1-2-16-27-22-11-7-6-10-21(22)17-24-25-23(26)20-14-12-19(13-15-20)18-8-4-3-5-9-18/h2-15,17H,1,16H2,(H,25,26)/b24-17+. The fraction of sp³-hybridized carbons (Fsp3) is 0.0435. The van der Waals surface area contributed by atoms with Crippen LogP contribution in [0.4, 0.5) is 0 Å². The first kappa shape index (κ1) is 18.1. The Labute approximate surface area is 158 Å². The van der Waals surface area contributed by atoms with Gasteiger partial charge in [0, 0.05) is 11.1 Å². The Kier molecular flexibility index (Phi) is 6.15. The Morgan fingerprint density at radius 3 is 2.33 bits per heavy atom. The van der Waals surface area contributed by atoms with Gasteiger partial charge in [-0.3, -0.25) is 4.79 Å². The van der Waals surface area contributed by atoms with Gasteiger partial charge in [-0.25, -0.2) is 5.43 Å². The lowest BCUT2D eigenvalue weighted by Crippen LogP contribution is -2.17. The summed E-state index contributed by atoms with van der Waals surface area (Å²) < 4.78 is 5.56. The van der Waals surface area contributed by atoms with Gasteiger partial charge in [0.15, 0.2) is 0 Å². The maximum Gasteiger partial charge on any atom is 0.271 e. The highest BCUT2D eigenvalue weighted by atomic mass is 16.5. The first-order valence-electron chi connectivity index (χ1n) is 8.59. The van der Waals surface area contributed by atoms with Crippen LogP contribution in [0.2, 0.25) is 0 Å². The summed E-state index contributed by atoms with van der Waals surface area (Å²) >= 11 is 0. The molecule has 0 radical (unpaired) electrons. The zero-order valence-corrected chi connectivity index (χ0v) is 14.8. The SMILES string of the molecule is C=CCOc1ccccc1/C=N/NC(=O)c1ccc(-c2ccccc2)cc1. The van der Waals surface area contributed by atoms with Crippen molar-refractivity contribution in [2.45, 2.75) is 0 Å². The Hall–Kier alpha value is -3.66. The summed E-state index contributed by atoms with van der Waals surface area (Å²) in [5.74, 6) is 0.415. The molecule has 1 N–H and O–H groups in total. The third kappa shape index (κ3) is 4.92. The molecule has 0 aliphatic carbocycles. The van der Waals surface area contributed by atoms with Crippen molar-refractivity contribution in [3.05, 3.63) is 103 Å². The van der Waals surface area contributed by atoms with Crippen molar-refractivity contribution in [3.63, 3.8) is 0 Å². The average Bonchev–Trinajstić information content (AvgIpc) is 2.73. The summed E-state index contributed by atoms with van der Waals surface area (Å²) in [6, 6.07) is 24.9. The number of benzene rings is 3. The molecule has 4 nitrogen and oxygen atoms in total. The lowest BCUT2D eigenvalue weighted by atomic mass is 10.0. The molecule has 3 rings (SSSR count). The molecule has 0 fully saturated rings. The molecule has 3 aromatic carbocycles. The van der Waals surface area contributed by atoms with Gasteiger partial charge in [0.1, 0.15) is 12.4 Å². The van der Waals surface area contributed by atoms with E-state index in [1.54, 1.807) is 24.4 Å². The van der Waals surface area contributed by atoms with Crippen LogP contribution in [-0.4, -0.2) is 18.7 Å². The Balaban J connectivity index is 1.64. The molecule has 134 valence electrons. The van der Waals surface area contributed by atoms with E-state index in [0.717, 1.165) is 16.7 Å². The molecular weight excluding hydrogens is 336 g/mol. The maximum atomic E-state index is 12.3. The van der Waals surface area contributed by atoms with Crippen LogP contribution in [0.15, 0.2) is 96.6 Å². The number of ether oxygens (including phenoxy) is 1. The number of nitrogens with one attached hydrogen (secondary N) is 1. The molecule has 4 heteroatoms. The lowest BCUT2D eigenvalue weighted by molar-refractivity contribution is 0.0955. The number of hydrogen-bond donors (Lipinski definition) is 1. The van der Waals surface area contributed by atoms with E-state index in [1.807, 2.05) is 66.7 Å². The smallest absolute Gasteiger partial charge is 0.271 e. The van der Waals surface area contributed by atoms with E-state index in [0.29, 0.717) is 17.9 Å². The number of rotatable bonds is 7. The first-order chi connectivity index (χ1) is 13.3. The highest BCUT2D eigenvalue weighted by molar-refractivity contribution is 5.95. The molecule has 0 saturated carbocycles. The van der Waals surface area contributed by atoms with E-state index < -0.39 is 0 Å². The lowest BCUT2D eigenvalue weighted by Gasteiger charge is -2.06. The van der Waals surface area contributed by atoms with Crippen molar-refractivity contribution in [3.8, 4) is 16.9 Å². The fourth-order valence-corrected chi connectivity index (χ4v) is 2.54. The minimum atomic E-state index is -0.268. The van der Waals surface area contributed by atoms with Gasteiger partial charge in [0.05, 0.1) is 6.21 Å². The van der Waals surface area contributed by atoms with Crippen LogP contribution in [0.5, 0.6) is 5.75 Å². The van der Waals surface area contributed by atoms with Crippen LogP contribution in [0.25, 0.3) is 11.1 Å². The molecular formula is C23H20N2O2. The van der Waals surface area contributed by atoms with Gasteiger partial charge < -0.3 is 4.74 Å². The Morgan fingerprint density at radius 1 is 0.926 bits per heavy atom. The van der Waals surface area contributed by atoms with Crippen LogP contribution in [-0.2, 0) is 0 Å². The van der Waals surface area contributed by atoms with E-state index in [2.05, 4.69) is 17.1 Å². The van der Waals surface area contributed by atoms with Gasteiger partial charge >= 0.3 is 0 Å². The van der Waals surface area contributed by atoms with Crippen LogP contribution < -0.4 is 10.2 Å². The van der Waals surface area contributed by atoms with E-state index in [9.17, 15) is 4.79 Å². The van der Waals surface area contributed by atoms with E-state index in [4.69, 9.17) is 4.74 Å². The summed E-state index contributed by atoms with van der Waals surface area (Å²) in [4.78, 5) is 12.3. The topological polar surface area (TPSA) is 50.7 Å². The first-order valence-corrected chi connectivity index (χ1v) is 8.59.